The van der Waals surface area contributed by atoms with Crippen LogP contribution < -0.4 is 4.90 Å². The average molecular weight is 338 g/mol. The lowest BCUT2D eigenvalue weighted by Gasteiger charge is -2.34. The van der Waals surface area contributed by atoms with E-state index in [0.717, 1.165) is 48.8 Å². The normalized spacial score (nSPS) is 16.6. The van der Waals surface area contributed by atoms with Crippen molar-refractivity contribution in [3.05, 3.63) is 34.5 Å². The van der Waals surface area contributed by atoms with Gasteiger partial charge in [-0.2, -0.15) is 4.98 Å². The van der Waals surface area contributed by atoms with Crippen molar-refractivity contribution in [3.63, 3.8) is 0 Å². The Bertz CT molecular complexity index is 562. The van der Waals surface area contributed by atoms with Gasteiger partial charge in [-0.15, -0.1) is 0 Å². The Morgan fingerprint density at radius 1 is 1.25 bits per heavy atom. The monoisotopic (exact) mass is 337 g/mol. The van der Waals surface area contributed by atoms with E-state index in [-0.39, 0.29) is 0 Å². The smallest absolute Gasteiger partial charge is 0.223 e. The highest BCUT2D eigenvalue weighted by Crippen LogP contribution is 2.17. The van der Waals surface area contributed by atoms with Crippen LogP contribution in [0.1, 0.15) is 11.7 Å². The molecule has 0 amide bonds. The molecule has 20 heavy (non-hydrogen) atoms. The second-order valence-corrected chi connectivity index (χ2v) is 5.74. The van der Waals surface area contributed by atoms with Gasteiger partial charge in [-0.25, -0.2) is 4.98 Å². The van der Waals surface area contributed by atoms with E-state index in [1.807, 2.05) is 25.3 Å². The maximum absolute atomic E-state index is 5.00. The van der Waals surface area contributed by atoms with Crippen molar-refractivity contribution >= 4 is 21.7 Å². The number of halogens is 1. The van der Waals surface area contributed by atoms with E-state index in [1.165, 1.54) is 0 Å². The van der Waals surface area contributed by atoms with Crippen LogP contribution in [-0.2, 0) is 6.54 Å². The Kier molecular flexibility index (Phi) is 3.98. The highest BCUT2D eigenvalue weighted by atomic mass is 79.9. The molecule has 7 heteroatoms. The summed E-state index contributed by atoms with van der Waals surface area (Å²) in [6, 6.07) is 4.07. The van der Waals surface area contributed by atoms with Crippen LogP contribution in [0, 0.1) is 6.92 Å². The molecule has 0 aliphatic carbocycles. The first-order valence-electron chi connectivity index (χ1n) is 6.59. The third kappa shape index (κ3) is 3.16. The molecule has 1 aliphatic rings. The largest absolute Gasteiger partial charge is 0.354 e. The lowest BCUT2D eigenvalue weighted by molar-refractivity contribution is 0.239. The van der Waals surface area contributed by atoms with Crippen LogP contribution >= 0.6 is 15.9 Å². The molecule has 2 aromatic rings. The van der Waals surface area contributed by atoms with Gasteiger partial charge in [0.2, 0.25) is 5.89 Å². The van der Waals surface area contributed by atoms with Crippen LogP contribution in [0.2, 0.25) is 0 Å². The van der Waals surface area contributed by atoms with Gasteiger partial charge in [0.25, 0.3) is 0 Å². The van der Waals surface area contributed by atoms with Crippen molar-refractivity contribution in [2.75, 3.05) is 31.1 Å². The summed E-state index contributed by atoms with van der Waals surface area (Å²) in [5.41, 5.74) is 0. The topological polar surface area (TPSA) is 58.3 Å². The Hall–Kier alpha value is -1.47. The van der Waals surface area contributed by atoms with Crippen molar-refractivity contribution in [3.8, 4) is 0 Å². The number of aryl methyl sites for hydroxylation is 1. The third-order valence-electron chi connectivity index (χ3n) is 3.34. The predicted octanol–water partition coefficient (Wildman–Crippen LogP) is 1.86. The van der Waals surface area contributed by atoms with E-state index in [2.05, 4.69) is 40.9 Å². The van der Waals surface area contributed by atoms with Gasteiger partial charge in [0.05, 0.1) is 6.54 Å². The molecule has 0 unspecified atom stereocenters. The Balaban J connectivity index is 1.55. The minimum absolute atomic E-state index is 0.623. The van der Waals surface area contributed by atoms with Crippen LogP contribution in [0.3, 0.4) is 0 Å². The molecule has 1 aliphatic heterocycles. The number of hydrogen-bond donors (Lipinski definition) is 0. The molecule has 1 fully saturated rings. The maximum atomic E-state index is 5.00. The van der Waals surface area contributed by atoms with Gasteiger partial charge in [0.15, 0.2) is 5.82 Å². The summed E-state index contributed by atoms with van der Waals surface area (Å²) < 4.78 is 6.00. The van der Waals surface area contributed by atoms with Gasteiger partial charge in [-0.05, 0) is 28.1 Å². The molecule has 6 nitrogen and oxygen atoms in total. The van der Waals surface area contributed by atoms with Crippen LogP contribution in [0.4, 0.5) is 5.82 Å². The molecule has 3 heterocycles. The van der Waals surface area contributed by atoms with Gasteiger partial charge in [-0.1, -0.05) is 5.16 Å². The van der Waals surface area contributed by atoms with Gasteiger partial charge in [0.1, 0.15) is 5.82 Å². The fourth-order valence-electron chi connectivity index (χ4n) is 2.30. The highest BCUT2D eigenvalue weighted by Gasteiger charge is 2.19. The van der Waals surface area contributed by atoms with E-state index < -0.39 is 0 Å². The van der Waals surface area contributed by atoms with E-state index in [1.54, 1.807) is 0 Å². The number of hydrogen-bond acceptors (Lipinski definition) is 6. The fourth-order valence-corrected chi connectivity index (χ4v) is 2.53. The predicted molar refractivity (Wildman–Crippen MR) is 78.5 cm³/mol. The zero-order valence-electron chi connectivity index (χ0n) is 11.3. The molecule has 0 N–H and O–H groups in total. The number of piperazine rings is 1. The first kappa shape index (κ1) is 13.5. The number of pyridine rings is 1. The quantitative estimate of drug-likeness (QED) is 0.851. The summed E-state index contributed by atoms with van der Waals surface area (Å²) >= 11 is 3.41. The van der Waals surface area contributed by atoms with E-state index in [9.17, 15) is 0 Å². The maximum Gasteiger partial charge on any atom is 0.223 e. The molecule has 1 saturated heterocycles. The summed E-state index contributed by atoms with van der Waals surface area (Å²) in [7, 11) is 0. The molecule has 3 rings (SSSR count). The molecule has 0 aromatic carbocycles. The van der Waals surface area contributed by atoms with Crippen LogP contribution in [0.25, 0.3) is 0 Å². The van der Waals surface area contributed by atoms with Crippen molar-refractivity contribution in [2.24, 2.45) is 0 Å². The number of rotatable bonds is 3. The molecule has 0 saturated carbocycles. The van der Waals surface area contributed by atoms with Gasteiger partial charge >= 0.3 is 0 Å². The van der Waals surface area contributed by atoms with E-state index in [4.69, 9.17) is 4.52 Å². The van der Waals surface area contributed by atoms with E-state index in [0.29, 0.717) is 5.89 Å². The molecular formula is C13H16BrN5O. The van der Waals surface area contributed by atoms with Crippen molar-refractivity contribution in [2.45, 2.75) is 13.5 Å². The Morgan fingerprint density at radius 2 is 2.05 bits per heavy atom. The Labute approximate surface area is 125 Å². The second-order valence-electron chi connectivity index (χ2n) is 4.83. The number of anilines is 1. The molecule has 0 spiro atoms. The lowest BCUT2D eigenvalue weighted by Crippen LogP contribution is -2.46. The fraction of sp³-hybridized carbons (Fsp3) is 0.462. The molecular weight excluding hydrogens is 322 g/mol. The van der Waals surface area contributed by atoms with Crippen LogP contribution in [0.15, 0.2) is 27.3 Å². The number of aromatic nitrogens is 3. The van der Waals surface area contributed by atoms with E-state index >= 15 is 0 Å². The minimum Gasteiger partial charge on any atom is -0.354 e. The van der Waals surface area contributed by atoms with Gasteiger partial charge in [0, 0.05) is 43.8 Å². The van der Waals surface area contributed by atoms with Crippen molar-refractivity contribution < 1.29 is 4.52 Å². The zero-order valence-corrected chi connectivity index (χ0v) is 12.9. The third-order valence-corrected chi connectivity index (χ3v) is 3.81. The summed E-state index contributed by atoms with van der Waals surface area (Å²) in [5.74, 6) is 2.42. The Morgan fingerprint density at radius 3 is 2.65 bits per heavy atom. The lowest BCUT2D eigenvalue weighted by atomic mass is 10.3. The minimum atomic E-state index is 0.623. The SMILES string of the molecule is Cc1nc(CN2CCN(c3ccc(Br)cn3)CC2)no1. The van der Waals surface area contributed by atoms with Crippen molar-refractivity contribution in [1.29, 1.82) is 0 Å². The van der Waals surface area contributed by atoms with Crippen LogP contribution in [0.5, 0.6) is 0 Å². The average Bonchev–Trinajstić information content (AvgIpc) is 2.86. The van der Waals surface area contributed by atoms with Gasteiger partial charge in [-0.3, -0.25) is 4.90 Å². The molecule has 2 aromatic heterocycles. The molecule has 106 valence electrons. The standard InChI is InChI=1S/C13H16BrN5O/c1-10-16-12(17-20-10)9-18-4-6-19(7-5-18)13-3-2-11(14)8-15-13/h2-3,8H,4-7,9H2,1H3. The first-order valence-corrected chi connectivity index (χ1v) is 7.38. The first-order chi connectivity index (χ1) is 9.70. The van der Waals surface area contributed by atoms with Crippen LogP contribution in [-0.4, -0.2) is 46.2 Å². The highest BCUT2D eigenvalue weighted by molar-refractivity contribution is 9.10. The van der Waals surface area contributed by atoms with Crippen molar-refractivity contribution in [1.82, 2.24) is 20.0 Å². The summed E-state index contributed by atoms with van der Waals surface area (Å²) in [5, 5.41) is 3.94. The molecule has 0 bridgehead atoms. The summed E-state index contributed by atoms with van der Waals surface area (Å²) in [6.45, 7) is 6.44. The molecule has 0 atom stereocenters. The van der Waals surface area contributed by atoms with Gasteiger partial charge < -0.3 is 9.42 Å². The molecule has 0 radical (unpaired) electrons. The summed E-state index contributed by atoms with van der Waals surface area (Å²) in [4.78, 5) is 13.3. The summed E-state index contributed by atoms with van der Waals surface area (Å²) in [6.07, 6.45) is 1.84. The number of nitrogens with zero attached hydrogens (tertiary/aromatic N) is 5. The second kappa shape index (κ2) is 5.88. The zero-order chi connectivity index (χ0) is 13.9.